The van der Waals surface area contributed by atoms with Crippen LogP contribution in [0.2, 0.25) is 0 Å². The van der Waals surface area contributed by atoms with E-state index in [2.05, 4.69) is 28.3 Å². The largest absolute Gasteiger partial charge is 0.343 e. The SMILES string of the molecule is CC(S)NC(=O)Cn1cc(C(C)C)nn1. The van der Waals surface area contributed by atoms with Crippen molar-refractivity contribution in [1.29, 1.82) is 0 Å². The Bertz CT molecular complexity index is 335. The van der Waals surface area contributed by atoms with Crippen LogP contribution in [-0.2, 0) is 11.3 Å². The fourth-order valence-corrected chi connectivity index (χ4v) is 1.22. The maximum absolute atomic E-state index is 11.4. The zero-order valence-corrected chi connectivity index (χ0v) is 10.0. The molecule has 1 atom stereocenters. The monoisotopic (exact) mass is 228 g/mol. The van der Waals surface area contributed by atoms with Crippen molar-refractivity contribution in [2.75, 3.05) is 0 Å². The second kappa shape index (κ2) is 5.16. The molecule has 1 N–H and O–H groups in total. The third-order valence-corrected chi connectivity index (χ3v) is 1.95. The van der Waals surface area contributed by atoms with Gasteiger partial charge in [0.15, 0.2) is 0 Å². The van der Waals surface area contributed by atoms with Crippen molar-refractivity contribution < 1.29 is 4.79 Å². The summed E-state index contributed by atoms with van der Waals surface area (Å²) in [5.41, 5.74) is 0.890. The smallest absolute Gasteiger partial charge is 0.242 e. The molecular weight excluding hydrogens is 212 g/mol. The quantitative estimate of drug-likeness (QED) is 0.592. The molecule has 1 aromatic heterocycles. The summed E-state index contributed by atoms with van der Waals surface area (Å²) in [5.74, 6) is 0.211. The van der Waals surface area contributed by atoms with Crippen molar-refractivity contribution in [3.8, 4) is 0 Å². The van der Waals surface area contributed by atoms with Crippen LogP contribution in [0, 0.1) is 0 Å². The Balaban J connectivity index is 2.53. The second-order valence-corrected chi connectivity index (χ2v) is 4.51. The topological polar surface area (TPSA) is 59.8 Å². The molecule has 1 aromatic rings. The van der Waals surface area contributed by atoms with Gasteiger partial charge in [0.2, 0.25) is 5.91 Å². The summed E-state index contributed by atoms with van der Waals surface area (Å²) < 4.78 is 1.53. The Hall–Kier alpha value is -1.04. The molecule has 1 rings (SSSR count). The van der Waals surface area contributed by atoms with Crippen molar-refractivity contribution in [2.45, 2.75) is 38.6 Å². The van der Waals surface area contributed by atoms with Gasteiger partial charge in [0.25, 0.3) is 0 Å². The number of rotatable bonds is 4. The van der Waals surface area contributed by atoms with Crippen LogP contribution in [-0.4, -0.2) is 26.3 Å². The molecule has 0 aliphatic rings. The van der Waals surface area contributed by atoms with Gasteiger partial charge in [-0.25, -0.2) is 4.68 Å². The molecule has 0 bridgehead atoms. The van der Waals surface area contributed by atoms with Crippen LogP contribution in [0.1, 0.15) is 32.4 Å². The molecule has 84 valence electrons. The highest BCUT2D eigenvalue weighted by Crippen LogP contribution is 2.08. The van der Waals surface area contributed by atoms with Crippen molar-refractivity contribution in [2.24, 2.45) is 0 Å². The third kappa shape index (κ3) is 3.91. The summed E-state index contributed by atoms with van der Waals surface area (Å²) in [7, 11) is 0. The second-order valence-electron chi connectivity index (χ2n) is 3.74. The number of aromatic nitrogens is 3. The highest BCUT2D eigenvalue weighted by atomic mass is 32.1. The molecule has 0 aliphatic heterocycles. The molecule has 0 saturated carbocycles. The Morgan fingerprint density at radius 2 is 2.27 bits per heavy atom. The Morgan fingerprint density at radius 3 is 2.73 bits per heavy atom. The van der Waals surface area contributed by atoms with E-state index in [0.29, 0.717) is 5.92 Å². The summed E-state index contributed by atoms with van der Waals surface area (Å²) in [5, 5.41) is 10.3. The number of nitrogens with one attached hydrogen (secondary N) is 1. The first kappa shape index (κ1) is 12.0. The zero-order chi connectivity index (χ0) is 11.4. The van der Waals surface area contributed by atoms with Gasteiger partial charge in [-0.15, -0.1) is 5.10 Å². The molecule has 0 spiro atoms. The normalized spacial score (nSPS) is 12.9. The first-order valence-corrected chi connectivity index (χ1v) is 5.38. The van der Waals surface area contributed by atoms with E-state index in [9.17, 15) is 4.79 Å². The van der Waals surface area contributed by atoms with Gasteiger partial charge < -0.3 is 5.32 Å². The summed E-state index contributed by atoms with van der Waals surface area (Å²) >= 11 is 4.06. The van der Waals surface area contributed by atoms with Gasteiger partial charge in [0.05, 0.1) is 11.1 Å². The number of amides is 1. The molecule has 1 unspecified atom stereocenters. The minimum absolute atomic E-state index is 0.113. The minimum Gasteiger partial charge on any atom is -0.343 e. The first-order valence-electron chi connectivity index (χ1n) is 4.86. The van der Waals surface area contributed by atoms with Gasteiger partial charge in [-0.2, -0.15) is 12.6 Å². The lowest BCUT2D eigenvalue weighted by Gasteiger charge is -2.06. The molecule has 1 heterocycles. The molecule has 1 amide bonds. The van der Waals surface area contributed by atoms with Crippen molar-refractivity contribution >= 4 is 18.5 Å². The lowest BCUT2D eigenvalue weighted by molar-refractivity contribution is -0.121. The van der Waals surface area contributed by atoms with Crippen LogP contribution in [0.5, 0.6) is 0 Å². The van der Waals surface area contributed by atoms with Crippen LogP contribution in [0.3, 0.4) is 0 Å². The number of hydrogen-bond donors (Lipinski definition) is 2. The van der Waals surface area contributed by atoms with E-state index in [0.717, 1.165) is 5.69 Å². The first-order chi connectivity index (χ1) is 6.99. The molecule has 5 nitrogen and oxygen atoms in total. The van der Waals surface area contributed by atoms with E-state index >= 15 is 0 Å². The average Bonchev–Trinajstić information content (AvgIpc) is 2.50. The maximum atomic E-state index is 11.4. The molecule has 15 heavy (non-hydrogen) atoms. The fourth-order valence-electron chi connectivity index (χ4n) is 1.08. The van der Waals surface area contributed by atoms with Crippen LogP contribution < -0.4 is 5.32 Å². The predicted octanol–water partition coefficient (Wildman–Crippen LogP) is 0.793. The molecular formula is C9H16N4OS. The summed E-state index contributed by atoms with van der Waals surface area (Å²) in [6.45, 7) is 6.04. The number of carbonyl (C=O) groups is 1. The fraction of sp³-hybridized carbons (Fsp3) is 0.667. The van der Waals surface area contributed by atoms with E-state index in [1.807, 2.05) is 13.8 Å². The zero-order valence-electron chi connectivity index (χ0n) is 9.14. The molecule has 6 heteroatoms. The molecule has 0 aliphatic carbocycles. The van der Waals surface area contributed by atoms with Crippen LogP contribution in [0.4, 0.5) is 0 Å². The summed E-state index contributed by atoms with van der Waals surface area (Å²) in [6.07, 6.45) is 1.79. The van der Waals surface area contributed by atoms with Gasteiger partial charge in [0.1, 0.15) is 6.54 Å². The number of nitrogens with zero attached hydrogens (tertiary/aromatic N) is 3. The Labute approximate surface area is 94.6 Å². The number of hydrogen-bond acceptors (Lipinski definition) is 4. The van der Waals surface area contributed by atoms with E-state index < -0.39 is 0 Å². The van der Waals surface area contributed by atoms with Gasteiger partial charge >= 0.3 is 0 Å². The van der Waals surface area contributed by atoms with Crippen molar-refractivity contribution in [3.63, 3.8) is 0 Å². The Morgan fingerprint density at radius 1 is 1.60 bits per heavy atom. The lowest BCUT2D eigenvalue weighted by Crippen LogP contribution is -2.32. The van der Waals surface area contributed by atoms with E-state index in [4.69, 9.17) is 0 Å². The lowest BCUT2D eigenvalue weighted by atomic mass is 10.2. The molecule has 0 saturated heterocycles. The van der Waals surface area contributed by atoms with Crippen molar-refractivity contribution in [1.82, 2.24) is 20.3 Å². The standard InChI is InChI=1S/C9H16N4OS/c1-6(2)8-4-13(12-11-8)5-9(14)10-7(3)15/h4,6-7,15H,5H2,1-3H3,(H,10,14). The highest BCUT2D eigenvalue weighted by Gasteiger charge is 2.08. The minimum atomic E-state index is -0.148. The number of thiol groups is 1. The van der Waals surface area contributed by atoms with E-state index in [1.165, 1.54) is 4.68 Å². The van der Waals surface area contributed by atoms with Gasteiger partial charge in [0, 0.05) is 6.20 Å². The van der Waals surface area contributed by atoms with Crippen LogP contribution in [0.25, 0.3) is 0 Å². The van der Waals surface area contributed by atoms with Crippen LogP contribution in [0.15, 0.2) is 6.20 Å². The molecule has 0 fully saturated rings. The van der Waals surface area contributed by atoms with Gasteiger partial charge in [-0.05, 0) is 12.8 Å². The molecule has 0 radical (unpaired) electrons. The summed E-state index contributed by atoms with van der Waals surface area (Å²) in [4.78, 5) is 11.4. The van der Waals surface area contributed by atoms with Crippen molar-refractivity contribution in [3.05, 3.63) is 11.9 Å². The summed E-state index contributed by atoms with van der Waals surface area (Å²) in [6, 6.07) is 0. The highest BCUT2D eigenvalue weighted by molar-refractivity contribution is 7.80. The predicted molar refractivity (Wildman–Crippen MR) is 60.7 cm³/mol. The average molecular weight is 228 g/mol. The molecule has 0 aromatic carbocycles. The van der Waals surface area contributed by atoms with Crippen LogP contribution >= 0.6 is 12.6 Å². The Kier molecular flexibility index (Phi) is 4.14. The van der Waals surface area contributed by atoms with E-state index in [1.54, 1.807) is 13.1 Å². The van der Waals surface area contributed by atoms with Gasteiger partial charge in [-0.1, -0.05) is 19.1 Å². The number of carbonyl (C=O) groups excluding carboxylic acids is 1. The third-order valence-electron chi connectivity index (χ3n) is 1.82. The maximum Gasteiger partial charge on any atom is 0.242 e. The van der Waals surface area contributed by atoms with Gasteiger partial charge in [-0.3, -0.25) is 4.79 Å². The van der Waals surface area contributed by atoms with E-state index in [-0.39, 0.29) is 17.8 Å².